The Morgan fingerprint density at radius 2 is 2.07 bits per heavy atom. The van der Waals surface area contributed by atoms with Crippen LogP contribution in [0, 0.1) is 0 Å². The molecule has 84 valence electrons. The van der Waals surface area contributed by atoms with Crippen molar-refractivity contribution in [3.05, 3.63) is 23.7 Å². The normalized spacial score (nSPS) is 21.8. The van der Waals surface area contributed by atoms with Crippen molar-refractivity contribution < 1.29 is 9.52 Å². The Balaban J connectivity index is 2.09. The summed E-state index contributed by atoms with van der Waals surface area (Å²) in [6.07, 6.45) is 4.32. The molecule has 3 nitrogen and oxygen atoms in total. The third kappa shape index (κ3) is 2.24. The van der Waals surface area contributed by atoms with Gasteiger partial charge in [0.05, 0.1) is 0 Å². The average molecular weight is 209 g/mol. The van der Waals surface area contributed by atoms with Gasteiger partial charge in [0.2, 0.25) is 0 Å². The molecular weight excluding hydrogens is 190 g/mol. The summed E-state index contributed by atoms with van der Waals surface area (Å²) in [5.74, 6) is 2.17. The first kappa shape index (κ1) is 10.7. The van der Waals surface area contributed by atoms with Crippen LogP contribution in [0.5, 0.6) is 0 Å². The highest BCUT2D eigenvalue weighted by molar-refractivity contribution is 5.14. The van der Waals surface area contributed by atoms with E-state index in [0.717, 1.165) is 5.76 Å². The van der Waals surface area contributed by atoms with E-state index in [1.165, 1.54) is 25.7 Å². The highest BCUT2D eigenvalue weighted by atomic mass is 16.4. The molecular formula is C12H19NO2. The van der Waals surface area contributed by atoms with E-state index in [0.29, 0.717) is 11.7 Å². The van der Waals surface area contributed by atoms with Gasteiger partial charge in [0.25, 0.3) is 0 Å². The van der Waals surface area contributed by atoms with Gasteiger partial charge < -0.3 is 15.3 Å². The monoisotopic (exact) mass is 209 g/mol. The van der Waals surface area contributed by atoms with Crippen LogP contribution in [0.1, 0.15) is 56.1 Å². The third-order valence-corrected chi connectivity index (χ3v) is 3.19. The summed E-state index contributed by atoms with van der Waals surface area (Å²) in [6, 6.07) is 3.55. The molecule has 2 atom stereocenters. The lowest BCUT2D eigenvalue weighted by atomic mass is 10.1. The molecule has 15 heavy (non-hydrogen) atoms. The number of rotatable bonds is 3. The van der Waals surface area contributed by atoms with Crippen LogP contribution in [0.4, 0.5) is 0 Å². The van der Waals surface area contributed by atoms with Crippen molar-refractivity contribution in [1.29, 1.82) is 0 Å². The van der Waals surface area contributed by atoms with Gasteiger partial charge in [-0.3, -0.25) is 0 Å². The van der Waals surface area contributed by atoms with E-state index >= 15 is 0 Å². The number of aliphatic hydroxyl groups excluding tert-OH is 1. The molecule has 2 unspecified atom stereocenters. The first-order valence-corrected chi connectivity index (χ1v) is 5.71. The molecule has 1 aromatic heterocycles. The SMILES string of the molecule is CC(N)C(O)c1ccc(C2CCCC2)o1. The lowest BCUT2D eigenvalue weighted by Crippen LogP contribution is -2.23. The summed E-state index contributed by atoms with van der Waals surface area (Å²) in [5, 5.41) is 9.74. The second kappa shape index (κ2) is 4.37. The molecule has 1 aromatic rings. The molecule has 0 aliphatic heterocycles. The minimum atomic E-state index is -0.680. The zero-order valence-electron chi connectivity index (χ0n) is 9.15. The van der Waals surface area contributed by atoms with Crippen molar-refractivity contribution in [2.45, 2.75) is 50.7 Å². The smallest absolute Gasteiger partial charge is 0.134 e. The molecule has 1 heterocycles. The van der Waals surface area contributed by atoms with Crippen molar-refractivity contribution in [2.75, 3.05) is 0 Å². The van der Waals surface area contributed by atoms with Gasteiger partial charge in [-0.2, -0.15) is 0 Å². The van der Waals surface area contributed by atoms with Crippen molar-refractivity contribution >= 4 is 0 Å². The van der Waals surface area contributed by atoms with Crippen LogP contribution < -0.4 is 5.73 Å². The van der Waals surface area contributed by atoms with Crippen LogP contribution in [0.25, 0.3) is 0 Å². The van der Waals surface area contributed by atoms with Crippen LogP contribution >= 0.6 is 0 Å². The van der Waals surface area contributed by atoms with Crippen molar-refractivity contribution in [3.8, 4) is 0 Å². The van der Waals surface area contributed by atoms with E-state index in [2.05, 4.69) is 0 Å². The zero-order valence-corrected chi connectivity index (χ0v) is 9.15. The number of hydrogen-bond donors (Lipinski definition) is 2. The summed E-state index contributed by atoms with van der Waals surface area (Å²) in [4.78, 5) is 0. The van der Waals surface area contributed by atoms with Crippen LogP contribution in [-0.2, 0) is 0 Å². The largest absolute Gasteiger partial charge is 0.463 e. The van der Waals surface area contributed by atoms with Crippen LogP contribution in [0.3, 0.4) is 0 Å². The molecule has 1 fully saturated rings. The van der Waals surface area contributed by atoms with E-state index in [9.17, 15) is 5.11 Å². The fraction of sp³-hybridized carbons (Fsp3) is 0.667. The maximum Gasteiger partial charge on any atom is 0.134 e. The molecule has 0 radical (unpaired) electrons. The average Bonchev–Trinajstić information content (AvgIpc) is 2.86. The molecule has 3 N–H and O–H groups in total. The van der Waals surface area contributed by atoms with E-state index in [1.54, 1.807) is 6.92 Å². The Morgan fingerprint density at radius 1 is 1.40 bits per heavy atom. The van der Waals surface area contributed by atoms with Gasteiger partial charge in [-0.15, -0.1) is 0 Å². The Bertz CT molecular complexity index is 297. The summed E-state index contributed by atoms with van der Waals surface area (Å²) in [7, 11) is 0. The number of aliphatic hydroxyl groups is 1. The Labute approximate surface area is 90.3 Å². The lowest BCUT2D eigenvalue weighted by Gasteiger charge is -2.11. The minimum absolute atomic E-state index is 0.285. The van der Waals surface area contributed by atoms with Crippen LogP contribution in [-0.4, -0.2) is 11.1 Å². The highest BCUT2D eigenvalue weighted by Crippen LogP contribution is 2.35. The Kier molecular flexibility index (Phi) is 3.12. The van der Waals surface area contributed by atoms with E-state index in [4.69, 9.17) is 10.2 Å². The van der Waals surface area contributed by atoms with E-state index in [1.807, 2.05) is 12.1 Å². The van der Waals surface area contributed by atoms with Gasteiger partial charge in [-0.05, 0) is 31.9 Å². The van der Waals surface area contributed by atoms with Crippen molar-refractivity contribution in [3.63, 3.8) is 0 Å². The number of hydrogen-bond acceptors (Lipinski definition) is 3. The fourth-order valence-electron chi connectivity index (χ4n) is 2.22. The van der Waals surface area contributed by atoms with E-state index in [-0.39, 0.29) is 6.04 Å². The topological polar surface area (TPSA) is 59.4 Å². The van der Waals surface area contributed by atoms with Gasteiger partial charge in [0.1, 0.15) is 17.6 Å². The molecule has 0 spiro atoms. The molecule has 0 aromatic carbocycles. The molecule has 1 aliphatic carbocycles. The molecule has 0 amide bonds. The van der Waals surface area contributed by atoms with Crippen LogP contribution in [0.2, 0.25) is 0 Å². The lowest BCUT2D eigenvalue weighted by molar-refractivity contribution is 0.125. The molecule has 1 saturated carbocycles. The standard InChI is InChI=1S/C12H19NO2/c1-8(13)12(14)11-7-6-10(15-11)9-4-2-3-5-9/h6-9,12,14H,2-5,13H2,1H3. The molecule has 2 rings (SSSR count). The third-order valence-electron chi connectivity index (χ3n) is 3.19. The van der Waals surface area contributed by atoms with Crippen molar-refractivity contribution in [1.82, 2.24) is 0 Å². The summed E-state index contributed by atoms with van der Waals surface area (Å²) >= 11 is 0. The fourth-order valence-corrected chi connectivity index (χ4v) is 2.22. The molecule has 1 aliphatic rings. The summed E-state index contributed by atoms with van der Waals surface area (Å²) in [6.45, 7) is 1.78. The van der Waals surface area contributed by atoms with Gasteiger partial charge >= 0.3 is 0 Å². The zero-order chi connectivity index (χ0) is 10.8. The molecule has 0 saturated heterocycles. The number of nitrogens with two attached hydrogens (primary N) is 1. The molecule has 0 bridgehead atoms. The quantitative estimate of drug-likeness (QED) is 0.803. The summed E-state index contributed by atoms with van der Waals surface area (Å²) in [5.41, 5.74) is 5.62. The minimum Gasteiger partial charge on any atom is -0.463 e. The second-order valence-electron chi connectivity index (χ2n) is 4.53. The highest BCUT2D eigenvalue weighted by Gasteiger charge is 2.22. The maximum atomic E-state index is 9.74. The number of furan rings is 1. The summed E-state index contributed by atoms with van der Waals surface area (Å²) < 4.78 is 5.66. The predicted molar refractivity (Wildman–Crippen MR) is 58.5 cm³/mol. The first-order valence-electron chi connectivity index (χ1n) is 5.71. The van der Waals surface area contributed by atoms with Crippen molar-refractivity contribution in [2.24, 2.45) is 5.73 Å². The second-order valence-corrected chi connectivity index (χ2v) is 4.53. The Morgan fingerprint density at radius 3 is 2.67 bits per heavy atom. The van der Waals surface area contributed by atoms with Gasteiger partial charge in [0, 0.05) is 12.0 Å². The Hall–Kier alpha value is -0.800. The maximum absolute atomic E-state index is 9.74. The predicted octanol–water partition coefficient (Wildman–Crippen LogP) is 2.32. The van der Waals surface area contributed by atoms with Gasteiger partial charge in [0.15, 0.2) is 0 Å². The molecule has 3 heteroatoms. The van der Waals surface area contributed by atoms with E-state index < -0.39 is 6.10 Å². The van der Waals surface area contributed by atoms with Gasteiger partial charge in [-0.25, -0.2) is 0 Å². The van der Waals surface area contributed by atoms with Crippen LogP contribution in [0.15, 0.2) is 16.5 Å². The first-order chi connectivity index (χ1) is 7.18. The van der Waals surface area contributed by atoms with Gasteiger partial charge in [-0.1, -0.05) is 12.8 Å².